The highest BCUT2D eigenvalue weighted by Gasteiger charge is 2.38. The molecule has 1 fully saturated rings. The Morgan fingerprint density at radius 1 is 1.41 bits per heavy atom. The van der Waals surface area contributed by atoms with Crippen LogP contribution >= 0.6 is 0 Å². The molecule has 1 saturated carbocycles. The van der Waals surface area contributed by atoms with Crippen LogP contribution in [-0.4, -0.2) is 32.2 Å². The van der Waals surface area contributed by atoms with Crippen molar-refractivity contribution >= 4 is 0 Å². The molecule has 0 aromatic carbocycles. The fourth-order valence-corrected chi connectivity index (χ4v) is 2.14. The van der Waals surface area contributed by atoms with Gasteiger partial charge in [0.25, 0.3) is 0 Å². The first-order valence-electron chi connectivity index (χ1n) is 6.66. The monoisotopic (exact) mass is 249 g/mol. The molecular formula is C13H25F2NO. The summed E-state index contributed by atoms with van der Waals surface area (Å²) in [4.78, 5) is 0. The summed E-state index contributed by atoms with van der Waals surface area (Å²) in [5, 5.41) is 3.24. The second-order valence-corrected chi connectivity index (χ2v) is 5.49. The molecular weight excluding hydrogens is 224 g/mol. The molecule has 0 heterocycles. The van der Waals surface area contributed by atoms with Crippen LogP contribution in [0.3, 0.4) is 0 Å². The first-order chi connectivity index (χ1) is 7.99. The molecule has 2 nitrogen and oxygen atoms in total. The van der Waals surface area contributed by atoms with Crippen molar-refractivity contribution in [1.82, 2.24) is 5.32 Å². The Bertz CT molecular complexity index is 210. The zero-order chi connectivity index (χ0) is 12.7. The van der Waals surface area contributed by atoms with Crippen LogP contribution in [0.1, 0.15) is 39.5 Å². The predicted molar refractivity (Wildman–Crippen MR) is 65.4 cm³/mol. The van der Waals surface area contributed by atoms with Gasteiger partial charge in [-0.15, -0.1) is 0 Å². The maximum atomic E-state index is 12.9. The van der Waals surface area contributed by atoms with Crippen molar-refractivity contribution in [2.45, 2.75) is 45.5 Å². The molecule has 0 aromatic rings. The largest absolute Gasteiger partial charge is 0.381 e. The Hall–Kier alpha value is -0.220. The summed E-state index contributed by atoms with van der Waals surface area (Å²) in [5.41, 5.74) is 0. The maximum absolute atomic E-state index is 12.9. The highest BCUT2D eigenvalue weighted by Crippen LogP contribution is 2.38. The molecule has 1 rings (SSSR count). The number of alkyl halides is 2. The van der Waals surface area contributed by atoms with Gasteiger partial charge in [0.2, 0.25) is 5.92 Å². The van der Waals surface area contributed by atoms with Crippen LogP contribution in [0, 0.1) is 11.8 Å². The van der Waals surface area contributed by atoms with Crippen molar-refractivity contribution in [2.75, 3.05) is 26.3 Å². The Kier molecular flexibility index (Phi) is 6.34. The lowest BCUT2D eigenvalue weighted by molar-refractivity contribution is 0.00506. The van der Waals surface area contributed by atoms with Gasteiger partial charge in [0, 0.05) is 26.1 Å². The van der Waals surface area contributed by atoms with Crippen LogP contribution in [0.4, 0.5) is 8.78 Å². The first-order valence-corrected chi connectivity index (χ1v) is 6.66. The molecule has 1 aliphatic carbocycles. The maximum Gasteiger partial charge on any atom is 0.248 e. The Labute approximate surface area is 103 Å². The first kappa shape index (κ1) is 14.8. The summed E-state index contributed by atoms with van der Waals surface area (Å²) in [5.74, 6) is -1.68. The fourth-order valence-electron chi connectivity index (χ4n) is 2.14. The van der Waals surface area contributed by atoms with E-state index < -0.39 is 5.92 Å². The van der Waals surface area contributed by atoms with Crippen LogP contribution < -0.4 is 5.32 Å². The molecule has 17 heavy (non-hydrogen) atoms. The minimum atomic E-state index is -2.41. The number of ether oxygens (including phenoxy) is 1. The summed E-state index contributed by atoms with van der Waals surface area (Å²) < 4.78 is 31.2. The number of hydrogen-bond acceptors (Lipinski definition) is 2. The van der Waals surface area contributed by atoms with Gasteiger partial charge in [0.1, 0.15) is 0 Å². The van der Waals surface area contributed by atoms with Crippen LogP contribution in [0.5, 0.6) is 0 Å². The van der Waals surface area contributed by atoms with Crippen LogP contribution in [0.15, 0.2) is 0 Å². The number of hydrogen-bond donors (Lipinski definition) is 1. The Morgan fingerprint density at radius 2 is 2.18 bits per heavy atom. The van der Waals surface area contributed by atoms with Crippen LogP contribution in [-0.2, 0) is 4.74 Å². The SMILES string of the molecule is CC(C)COCCCNCC1CCC(F)(F)C1. The summed E-state index contributed by atoms with van der Waals surface area (Å²) >= 11 is 0. The number of rotatable bonds is 8. The van der Waals surface area contributed by atoms with Gasteiger partial charge in [-0.2, -0.15) is 0 Å². The summed E-state index contributed by atoms with van der Waals surface area (Å²) in [6.45, 7) is 7.39. The van der Waals surface area contributed by atoms with E-state index >= 15 is 0 Å². The van der Waals surface area contributed by atoms with Crippen molar-refractivity contribution in [1.29, 1.82) is 0 Å². The lowest BCUT2D eigenvalue weighted by Gasteiger charge is -2.12. The van der Waals surface area contributed by atoms with Crippen LogP contribution in [0.2, 0.25) is 0 Å². The van der Waals surface area contributed by atoms with Crippen molar-refractivity contribution in [3.63, 3.8) is 0 Å². The Morgan fingerprint density at radius 3 is 2.76 bits per heavy atom. The van der Waals surface area contributed by atoms with Gasteiger partial charge in [-0.25, -0.2) is 8.78 Å². The summed E-state index contributed by atoms with van der Waals surface area (Å²) in [6.07, 6.45) is 1.74. The third-order valence-electron chi connectivity index (χ3n) is 3.03. The standard InChI is InChI=1S/C13H25F2NO/c1-11(2)10-17-7-3-6-16-9-12-4-5-13(14,15)8-12/h11-12,16H,3-10H2,1-2H3. The van der Waals surface area contributed by atoms with E-state index in [1.165, 1.54) is 0 Å². The van der Waals surface area contributed by atoms with E-state index in [4.69, 9.17) is 4.74 Å². The average molecular weight is 249 g/mol. The van der Waals surface area contributed by atoms with Crippen molar-refractivity contribution in [2.24, 2.45) is 11.8 Å². The molecule has 0 saturated heterocycles. The van der Waals surface area contributed by atoms with Crippen molar-refractivity contribution in [3.05, 3.63) is 0 Å². The van der Waals surface area contributed by atoms with Gasteiger partial charge in [0.05, 0.1) is 0 Å². The fraction of sp³-hybridized carbons (Fsp3) is 1.00. The number of nitrogens with one attached hydrogen (secondary N) is 1. The molecule has 0 amide bonds. The molecule has 4 heteroatoms. The van der Waals surface area contributed by atoms with E-state index in [0.29, 0.717) is 12.3 Å². The van der Waals surface area contributed by atoms with E-state index in [9.17, 15) is 8.78 Å². The van der Waals surface area contributed by atoms with Gasteiger partial charge in [-0.3, -0.25) is 0 Å². The van der Waals surface area contributed by atoms with E-state index in [2.05, 4.69) is 19.2 Å². The topological polar surface area (TPSA) is 21.3 Å². The average Bonchev–Trinajstić information content (AvgIpc) is 2.56. The van der Waals surface area contributed by atoms with E-state index in [0.717, 1.165) is 32.7 Å². The predicted octanol–water partition coefficient (Wildman–Crippen LogP) is 3.07. The highest BCUT2D eigenvalue weighted by atomic mass is 19.3. The molecule has 102 valence electrons. The molecule has 1 unspecified atom stereocenters. The van der Waals surface area contributed by atoms with Crippen molar-refractivity contribution < 1.29 is 13.5 Å². The van der Waals surface area contributed by atoms with Gasteiger partial charge >= 0.3 is 0 Å². The van der Waals surface area contributed by atoms with E-state index in [1.54, 1.807) is 0 Å². The lowest BCUT2D eigenvalue weighted by Crippen LogP contribution is -2.24. The minimum Gasteiger partial charge on any atom is -0.381 e. The molecule has 0 aliphatic heterocycles. The van der Waals surface area contributed by atoms with Crippen LogP contribution in [0.25, 0.3) is 0 Å². The zero-order valence-corrected chi connectivity index (χ0v) is 11.0. The van der Waals surface area contributed by atoms with E-state index in [1.807, 2.05) is 0 Å². The second kappa shape index (κ2) is 7.27. The molecule has 1 N–H and O–H groups in total. The molecule has 0 bridgehead atoms. The summed E-state index contributed by atoms with van der Waals surface area (Å²) in [7, 11) is 0. The second-order valence-electron chi connectivity index (χ2n) is 5.49. The summed E-state index contributed by atoms with van der Waals surface area (Å²) in [6, 6.07) is 0. The zero-order valence-electron chi connectivity index (χ0n) is 11.0. The number of halogens is 2. The van der Waals surface area contributed by atoms with Crippen molar-refractivity contribution in [3.8, 4) is 0 Å². The van der Waals surface area contributed by atoms with Gasteiger partial charge in [-0.1, -0.05) is 13.8 Å². The van der Waals surface area contributed by atoms with Gasteiger partial charge in [-0.05, 0) is 37.8 Å². The van der Waals surface area contributed by atoms with Gasteiger partial charge in [0.15, 0.2) is 0 Å². The molecule has 1 aliphatic rings. The molecule has 0 radical (unpaired) electrons. The third-order valence-corrected chi connectivity index (χ3v) is 3.03. The lowest BCUT2D eigenvalue weighted by atomic mass is 10.1. The third kappa shape index (κ3) is 6.94. The van der Waals surface area contributed by atoms with E-state index in [-0.39, 0.29) is 18.8 Å². The molecule has 0 spiro atoms. The molecule has 0 aromatic heterocycles. The Balaban J connectivity index is 1.88. The smallest absolute Gasteiger partial charge is 0.248 e. The quantitative estimate of drug-likeness (QED) is 0.667. The normalized spacial score (nSPS) is 23.5. The minimum absolute atomic E-state index is 0.0594. The van der Waals surface area contributed by atoms with Gasteiger partial charge < -0.3 is 10.1 Å². The highest BCUT2D eigenvalue weighted by molar-refractivity contribution is 4.82. The molecule has 1 atom stereocenters.